The summed E-state index contributed by atoms with van der Waals surface area (Å²) in [7, 11) is 1.46. The first-order chi connectivity index (χ1) is 12.0. The lowest BCUT2D eigenvalue weighted by molar-refractivity contribution is -0.123. The topological polar surface area (TPSA) is 66.8 Å². The molecule has 5 nitrogen and oxygen atoms in total. The SMILES string of the molecule is COc1ccc(C=C2SC(=O)N(Cc3ccc(Cl)cc3)C2=O)cc1O. The predicted molar refractivity (Wildman–Crippen MR) is 97.6 cm³/mol. The van der Waals surface area contributed by atoms with Crippen LogP contribution in [-0.4, -0.2) is 28.3 Å². The van der Waals surface area contributed by atoms with Gasteiger partial charge in [0.1, 0.15) is 0 Å². The number of rotatable bonds is 4. The number of amides is 2. The van der Waals surface area contributed by atoms with Crippen LogP contribution in [0.5, 0.6) is 11.5 Å². The van der Waals surface area contributed by atoms with E-state index >= 15 is 0 Å². The van der Waals surface area contributed by atoms with Crippen molar-refractivity contribution in [2.24, 2.45) is 0 Å². The zero-order chi connectivity index (χ0) is 18.0. The highest BCUT2D eigenvalue weighted by Crippen LogP contribution is 2.35. The Bertz CT molecular complexity index is 864. The normalized spacial score (nSPS) is 15.9. The van der Waals surface area contributed by atoms with Crippen molar-refractivity contribution in [3.63, 3.8) is 0 Å². The van der Waals surface area contributed by atoms with Gasteiger partial charge in [0.2, 0.25) is 0 Å². The fourth-order valence-corrected chi connectivity index (χ4v) is 3.32. The van der Waals surface area contributed by atoms with Crippen molar-refractivity contribution in [1.29, 1.82) is 0 Å². The van der Waals surface area contributed by atoms with E-state index in [4.69, 9.17) is 16.3 Å². The Morgan fingerprint density at radius 2 is 1.92 bits per heavy atom. The van der Waals surface area contributed by atoms with Gasteiger partial charge in [0.05, 0.1) is 18.6 Å². The van der Waals surface area contributed by atoms with Gasteiger partial charge in [-0.1, -0.05) is 29.8 Å². The highest BCUT2D eigenvalue weighted by molar-refractivity contribution is 8.18. The molecule has 1 saturated heterocycles. The van der Waals surface area contributed by atoms with Crippen molar-refractivity contribution in [2.75, 3.05) is 7.11 Å². The fourth-order valence-electron chi connectivity index (χ4n) is 2.36. The molecule has 0 radical (unpaired) electrons. The average molecular weight is 376 g/mol. The third kappa shape index (κ3) is 3.81. The van der Waals surface area contributed by atoms with E-state index in [2.05, 4.69) is 0 Å². The second kappa shape index (κ2) is 7.21. The number of aromatic hydroxyl groups is 1. The van der Waals surface area contributed by atoms with Crippen LogP contribution in [0.2, 0.25) is 5.02 Å². The Kier molecular flexibility index (Phi) is 5.01. The molecular formula is C18H14ClNO4S. The highest BCUT2D eigenvalue weighted by atomic mass is 35.5. The summed E-state index contributed by atoms with van der Waals surface area (Å²) in [5, 5.41) is 10.1. The number of methoxy groups -OCH3 is 1. The molecule has 1 heterocycles. The number of hydrogen-bond donors (Lipinski definition) is 1. The molecule has 1 fully saturated rings. The first-order valence-electron chi connectivity index (χ1n) is 7.35. The maximum Gasteiger partial charge on any atom is 0.293 e. The van der Waals surface area contributed by atoms with Crippen LogP contribution in [0.25, 0.3) is 6.08 Å². The van der Waals surface area contributed by atoms with Gasteiger partial charge in [0.15, 0.2) is 11.5 Å². The molecule has 1 aliphatic rings. The number of nitrogens with zero attached hydrogens (tertiary/aromatic N) is 1. The molecule has 0 saturated carbocycles. The van der Waals surface area contributed by atoms with Gasteiger partial charge in [-0.2, -0.15) is 0 Å². The number of imide groups is 1. The lowest BCUT2D eigenvalue weighted by atomic mass is 10.1. The molecule has 2 amide bonds. The van der Waals surface area contributed by atoms with E-state index in [1.807, 2.05) is 0 Å². The molecule has 2 aromatic carbocycles. The molecule has 0 aliphatic carbocycles. The summed E-state index contributed by atoms with van der Waals surface area (Å²) < 4.78 is 4.99. The molecule has 1 N–H and O–H groups in total. The minimum absolute atomic E-state index is 0.0309. The maximum atomic E-state index is 12.5. The summed E-state index contributed by atoms with van der Waals surface area (Å²) in [5.41, 5.74) is 1.42. The summed E-state index contributed by atoms with van der Waals surface area (Å²) in [5.74, 6) is -0.0510. The molecule has 3 rings (SSSR count). The second-order valence-electron chi connectivity index (χ2n) is 5.33. The van der Waals surface area contributed by atoms with Crippen molar-refractivity contribution in [2.45, 2.75) is 6.54 Å². The third-order valence-corrected chi connectivity index (χ3v) is 4.79. The van der Waals surface area contributed by atoms with Crippen molar-refractivity contribution in [3.8, 4) is 11.5 Å². The number of benzene rings is 2. The average Bonchev–Trinajstić information content (AvgIpc) is 2.84. The van der Waals surface area contributed by atoms with E-state index in [1.165, 1.54) is 18.1 Å². The van der Waals surface area contributed by atoms with Crippen LogP contribution in [0.1, 0.15) is 11.1 Å². The number of phenols is 1. The van der Waals surface area contributed by atoms with Crippen LogP contribution >= 0.6 is 23.4 Å². The van der Waals surface area contributed by atoms with Crippen molar-refractivity contribution in [3.05, 3.63) is 63.5 Å². The van der Waals surface area contributed by atoms with Crippen LogP contribution in [0.4, 0.5) is 4.79 Å². The lowest BCUT2D eigenvalue weighted by Crippen LogP contribution is -2.27. The van der Waals surface area contributed by atoms with Gasteiger partial charge in [-0.25, -0.2) is 0 Å². The number of carbonyl (C=O) groups excluding carboxylic acids is 2. The van der Waals surface area contributed by atoms with Crippen molar-refractivity contribution in [1.82, 2.24) is 4.90 Å². The largest absolute Gasteiger partial charge is 0.504 e. The van der Waals surface area contributed by atoms with Crippen molar-refractivity contribution < 1.29 is 19.4 Å². The maximum absolute atomic E-state index is 12.5. The first-order valence-corrected chi connectivity index (χ1v) is 8.54. The number of carbonyl (C=O) groups is 2. The molecule has 0 unspecified atom stereocenters. The molecule has 7 heteroatoms. The summed E-state index contributed by atoms with van der Waals surface area (Å²) in [6.07, 6.45) is 1.58. The van der Waals surface area contributed by atoms with E-state index in [1.54, 1.807) is 42.5 Å². The Labute approximate surface area is 153 Å². The van der Waals surface area contributed by atoms with E-state index in [-0.39, 0.29) is 23.4 Å². The lowest BCUT2D eigenvalue weighted by Gasteiger charge is -2.12. The molecule has 2 aromatic rings. The summed E-state index contributed by atoms with van der Waals surface area (Å²) in [6, 6.07) is 11.8. The van der Waals surface area contributed by atoms with E-state index in [0.717, 1.165) is 17.3 Å². The first kappa shape index (κ1) is 17.4. The Balaban J connectivity index is 1.80. The molecular weight excluding hydrogens is 362 g/mol. The van der Waals surface area contributed by atoms with Gasteiger partial charge in [0.25, 0.3) is 11.1 Å². The molecule has 25 heavy (non-hydrogen) atoms. The molecule has 1 aliphatic heterocycles. The predicted octanol–water partition coefficient (Wildman–Crippen LogP) is 4.29. The van der Waals surface area contributed by atoms with Gasteiger partial charge < -0.3 is 9.84 Å². The number of ether oxygens (including phenoxy) is 1. The van der Waals surface area contributed by atoms with E-state index in [9.17, 15) is 14.7 Å². The number of thioether (sulfide) groups is 1. The highest BCUT2D eigenvalue weighted by Gasteiger charge is 2.34. The van der Waals surface area contributed by atoms with Gasteiger partial charge in [-0.15, -0.1) is 0 Å². The minimum Gasteiger partial charge on any atom is -0.504 e. The molecule has 0 aromatic heterocycles. The summed E-state index contributed by atoms with van der Waals surface area (Å²) >= 11 is 6.72. The fraction of sp³-hybridized carbons (Fsp3) is 0.111. The van der Waals surface area contributed by atoms with Crippen LogP contribution < -0.4 is 4.74 Å². The smallest absolute Gasteiger partial charge is 0.293 e. The zero-order valence-electron chi connectivity index (χ0n) is 13.2. The van der Waals surface area contributed by atoms with Gasteiger partial charge in [0, 0.05) is 5.02 Å². The van der Waals surface area contributed by atoms with Gasteiger partial charge in [-0.3, -0.25) is 14.5 Å². The molecule has 0 spiro atoms. The van der Waals surface area contributed by atoms with Crippen LogP contribution in [0, 0.1) is 0 Å². The number of hydrogen-bond acceptors (Lipinski definition) is 5. The van der Waals surface area contributed by atoms with Crippen LogP contribution in [0.15, 0.2) is 47.4 Å². The Morgan fingerprint density at radius 1 is 1.20 bits per heavy atom. The standard InChI is InChI=1S/C18H14ClNO4S/c1-24-15-7-4-12(8-14(15)21)9-16-17(22)20(18(23)25-16)10-11-2-5-13(19)6-3-11/h2-9,21H,10H2,1H3. The molecule has 128 valence electrons. The quantitative estimate of drug-likeness (QED) is 0.807. The van der Waals surface area contributed by atoms with E-state index in [0.29, 0.717) is 21.2 Å². The van der Waals surface area contributed by atoms with Crippen LogP contribution in [0.3, 0.4) is 0 Å². The monoisotopic (exact) mass is 375 g/mol. The molecule has 0 bridgehead atoms. The molecule has 0 atom stereocenters. The van der Waals surface area contributed by atoms with Crippen molar-refractivity contribution >= 4 is 40.6 Å². The zero-order valence-corrected chi connectivity index (χ0v) is 14.8. The third-order valence-electron chi connectivity index (χ3n) is 3.63. The van der Waals surface area contributed by atoms with Gasteiger partial charge >= 0.3 is 0 Å². The minimum atomic E-state index is -0.361. The Morgan fingerprint density at radius 3 is 2.56 bits per heavy atom. The second-order valence-corrected chi connectivity index (χ2v) is 6.76. The summed E-state index contributed by atoms with van der Waals surface area (Å²) in [4.78, 5) is 26.2. The number of halogens is 1. The Hall–Kier alpha value is -2.44. The van der Waals surface area contributed by atoms with Crippen LogP contribution in [-0.2, 0) is 11.3 Å². The summed E-state index contributed by atoms with van der Waals surface area (Å²) in [6.45, 7) is 0.188. The van der Waals surface area contributed by atoms with E-state index < -0.39 is 0 Å². The van der Waals surface area contributed by atoms with Gasteiger partial charge in [-0.05, 0) is 53.2 Å². The number of phenolic OH excluding ortho intramolecular Hbond substituents is 1.